The van der Waals surface area contributed by atoms with Gasteiger partial charge in [-0.3, -0.25) is 0 Å². The van der Waals surface area contributed by atoms with Gasteiger partial charge in [-0.05, 0) is 18.6 Å². The van der Waals surface area contributed by atoms with E-state index in [1.165, 1.54) is 5.56 Å². The molecule has 0 spiro atoms. The van der Waals surface area contributed by atoms with Crippen molar-refractivity contribution < 1.29 is 4.74 Å². The standard InChI is InChI=1S/C11H12O/c1-2-10-11(12-10)8-9-6-4-3-5-7-9/h2-7,11H,8H2,1H3/b10-2-. The van der Waals surface area contributed by atoms with Crippen LogP contribution >= 0.6 is 0 Å². The lowest BCUT2D eigenvalue weighted by Crippen LogP contribution is -1.90. The normalized spacial score (nSPS) is 23.8. The van der Waals surface area contributed by atoms with Crippen molar-refractivity contribution in [1.29, 1.82) is 0 Å². The molecular formula is C11H12O. The lowest BCUT2D eigenvalue weighted by molar-refractivity contribution is 0.426. The third kappa shape index (κ3) is 1.50. The van der Waals surface area contributed by atoms with Gasteiger partial charge in [-0.2, -0.15) is 0 Å². The van der Waals surface area contributed by atoms with E-state index in [0.717, 1.165) is 12.2 Å². The zero-order valence-electron chi connectivity index (χ0n) is 7.16. The average Bonchev–Trinajstić information content (AvgIpc) is 2.85. The highest BCUT2D eigenvalue weighted by Gasteiger charge is 2.31. The molecule has 1 heteroatoms. The second-order valence-electron chi connectivity index (χ2n) is 2.99. The Kier molecular flexibility index (Phi) is 1.86. The van der Waals surface area contributed by atoms with Crippen LogP contribution in [0.4, 0.5) is 0 Å². The summed E-state index contributed by atoms with van der Waals surface area (Å²) in [5.74, 6) is 1.14. The topological polar surface area (TPSA) is 12.5 Å². The molecule has 0 aromatic heterocycles. The van der Waals surface area contributed by atoms with Crippen LogP contribution in [0.25, 0.3) is 0 Å². The maximum atomic E-state index is 5.33. The highest BCUT2D eigenvalue weighted by Crippen LogP contribution is 2.29. The Morgan fingerprint density at radius 2 is 2.08 bits per heavy atom. The van der Waals surface area contributed by atoms with Crippen molar-refractivity contribution in [2.75, 3.05) is 0 Å². The molecule has 62 valence electrons. The highest BCUT2D eigenvalue weighted by molar-refractivity contribution is 5.22. The predicted octanol–water partition coefficient (Wildman–Crippen LogP) is 2.53. The number of allylic oxidation sites excluding steroid dienone is 1. The molecule has 1 fully saturated rings. The maximum Gasteiger partial charge on any atom is 0.159 e. The molecule has 1 aromatic carbocycles. The molecule has 12 heavy (non-hydrogen) atoms. The first-order valence-corrected chi connectivity index (χ1v) is 4.27. The van der Waals surface area contributed by atoms with Gasteiger partial charge in [-0.15, -0.1) is 0 Å². The molecule has 0 bridgehead atoms. The first-order chi connectivity index (χ1) is 5.90. The monoisotopic (exact) mass is 160 g/mol. The van der Waals surface area contributed by atoms with E-state index in [1.54, 1.807) is 0 Å². The van der Waals surface area contributed by atoms with Crippen LogP contribution in [0.5, 0.6) is 0 Å². The maximum absolute atomic E-state index is 5.33. The molecule has 1 aliphatic rings. The van der Waals surface area contributed by atoms with Gasteiger partial charge in [-0.1, -0.05) is 30.3 Å². The summed E-state index contributed by atoms with van der Waals surface area (Å²) in [7, 11) is 0. The van der Waals surface area contributed by atoms with Gasteiger partial charge in [-0.25, -0.2) is 0 Å². The molecule has 0 aliphatic carbocycles. The molecule has 1 unspecified atom stereocenters. The van der Waals surface area contributed by atoms with Crippen molar-refractivity contribution >= 4 is 0 Å². The van der Waals surface area contributed by atoms with Crippen LogP contribution < -0.4 is 0 Å². The number of ether oxygens (including phenoxy) is 1. The molecule has 0 N–H and O–H groups in total. The molecule has 0 radical (unpaired) electrons. The molecule has 1 atom stereocenters. The Morgan fingerprint density at radius 1 is 1.33 bits per heavy atom. The molecular weight excluding hydrogens is 148 g/mol. The Labute approximate surface area is 72.7 Å². The number of benzene rings is 1. The van der Waals surface area contributed by atoms with Gasteiger partial charge in [0.1, 0.15) is 5.76 Å². The molecule has 1 heterocycles. The van der Waals surface area contributed by atoms with Crippen LogP contribution in [0.1, 0.15) is 12.5 Å². The van der Waals surface area contributed by atoms with E-state index in [9.17, 15) is 0 Å². The predicted molar refractivity (Wildman–Crippen MR) is 48.8 cm³/mol. The zero-order valence-corrected chi connectivity index (χ0v) is 7.16. The molecule has 1 nitrogen and oxygen atoms in total. The van der Waals surface area contributed by atoms with Crippen LogP contribution in [-0.4, -0.2) is 6.10 Å². The van der Waals surface area contributed by atoms with E-state index < -0.39 is 0 Å². The second-order valence-corrected chi connectivity index (χ2v) is 2.99. The summed E-state index contributed by atoms with van der Waals surface area (Å²) in [6.07, 6.45) is 3.41. The van der Waals surface area contributed by atoms with Crippen molar-refractivity contribution in [3.63, 3.8) is 0 Å². The molecule has 0 saturated carbocycles. The summed E-state index contributed by atoms with van der Waals surface area (Å²) in [6, 6.07) is 10.4. The smallest absolute Gasteiger partial charge is 0.159 e. The van der Waals surface area contributed by atoms with E-state index in [-0.39, 0.29) is 0 Å². The van der Waals surface area contributed by atoms with E-state index >= 15 is 0 Å². The lowest BCUT2D eigenvalue weighted by atomic mass is 10.1. The van der Waals surface area contributed by atoms with E-state index in [2.05, 4.69) is 24.3 Å². The zero-order chi connectivity index (χ0) is 8.39. The molecule has 1 aromatic rings. The van der Waals surface area contributed by atoms with Gasteiger partial charge < -0.3 is 4.74 Å². The minimum Gasteiger partial charge on any atom is -0.483 e. The largest absolute Gasteiger partial charge is 0.483 e. The minimum absolute atomic E-state index is 0.359. The minimum atomic E-state index is 0.359. The van der Waals surface area contributed by atoms with E-state index in [4.69, 9.17) is 4.74 Å². The van der Waals surface area contributed by atoms with Crippen molar-refractivity contribution in [1.82, 2.24) is 0 Å². The summed E-state index contributed by atoms with van der Waals surface area (Å²) in [6.45, 7) is 2.01. The second kappa shape index (κ2) is 3.02. The van der Waals surface area contributed by atoms with Crippen LogP contribution in [0.3, 0.4) is 0 Å². The Morgan fingerprint density at radius 3 is 2.67 bits per heavy atom. The molecule has 2 rings (SSSR count). The average molecular weight is 160 g/mol. The van der Waals surface area contributed by atoms with Gasteiger partial charge in [0, 0.05) is 6.42 Å². The van der Waals surface area contributed by atoms with Crippen molar-refractivity contribution in [2.24, 2.45) is 0 Å². The third-order valence-corrected chi connectivity index (χ3v) is 2.09. The van der Waals surface area contributed by atoms with Crippen molar-refractivity contribution in [2.45, 2.75) is 19.4 Å². The van der Waals surface area contributed by atoms with Gasteiger partial charge in [0.05, 0.1) is 0 Å². The summed E-state index contributed by atoms with van der Waals surface area (Å²) < 4.78 is 5.33. The Balaban J connectivity index is 1.98. The van der Waals surface area contributed by atoms with Crippen LogP contribution in [0.15, 0.2) is 42.2 Å². The van der Waals surface area contributed by atoms with Crippen molar-refractivity contribution in [3.8, 4) is 0 Å². The molecule has 1 aliphatic heterocycles. The van der Waals surface area contributed by atoms with Gasteiger partial charge in [0.25, 0.3) is 0 Å². The molecule has 0 amide bonds. The third-order valence-electron chi connectivity index (χ3n) is 2.09. The van der Waals surface area contributed by atoms with E-state index in [1.807, 2.05) is 19.1 Å². The van der Waals surface area contributed by atoms with Gasteiger partial charge in [0.2, 0.25) is 0 Å². The number of hydrogen-bond acceptors (Lipinski definition) is 1. The fourth-order valence-electron chi connectivity index (χ4n) is 1.35. The van der Waals surface area contributed by atoms with Gasteiger partial charge >= 0.3 is 0 Å². The quantitative estimate of drug-likeness (QED) is 0.606. The van der Waals surface area contributed by atoms with Crippen LogP contribution in [0, 0.1) is 0 Å². The van der Waals surface area contributed by atoms with Crippen molar-refractivity contribution in [3.05, 3.63) is 47.7 Å². The summed E-state index contributed by atoms with van der Waals surface area (Å²) in [4.78, 5) is 0. The number of rotatable bonds is 2. The highest BCUT2D eigenvalue weighted by atomic mass is 16.6. The lowest BCUT2D eigenvalue weighted by Gasteiger charge is -1.93. The summed E-state index contributed by atoms with van der Waals surface area (Å²) in [5.41, 5.74) is 1.35. The SMILES string of the molecule is C/C=C1\OC1Cc1ccccc1. The van der Waals surface area contributed by atoms with E-state index in [0.29, 0.717) is 6.10 Å². The summed E-state index contributed by atoms with van der Waals surface area (Å²) >= 11 is 0. The molecule has 1 saturated heterocycles. The number of hydrogen-bond donors (Lipinski definition) is 0. The fourth-order valence-corrected chi connectivity index (χ4v) is 1.35. The number of epoxide rings is 1. The van der Waals surface area contributed by atoms with Crippen LogP contribution in [-0.2, 0) is 11.2 Å². The van der Waals surface area contributed by atoms with Crippen LogP contribution in [0.2, 0.25) is 0 Å². The fraction of sp³-hybridized carbons (Fsp3) is 0.273. The Hall–Kier alpha value is -1.24. The first kappa shape index (κ1) is 7.41. The Bertz CT molecular complexity index is 287. The first-order valence-electron chi connectivity index (χ1n) is 4.27. The summed E-state index contributed by atoms with van der Waals surface area (Å²) in [5, 5.41) is 0. The van der Waals surface area contributed by atoms with Gasteiger partial charge in [0.15, 0.2) is 6.10 Å².